The smallest absolute Gasteiger partial charge is 0.126 e. The molecule has 0 saturated carbocycles. The Morgan fingerprint density at radius 2 is 1.12 bits per heavy atom. The molecule has 3 aromatic carbocycles. The van der Waals surface area contributed by atoms with Crippen LogP contribution in [0.1, 0.15) is 22.3 Å². The number of phenols is 2. The average Bonchev–Trinajstić information content (AvgIpc) is 2.62. The molecule has 0 fully saturated rings. The summed E-state index contributed by atoms with van der Waals surface area (Å²) < 4.78 is 0. The van der Waals surface area contributed by atoms with Crippen LogP contribution in [0, 0.1) is 27.7 Å². The molecule has 0 aromatic heterocycles. The van der Waals surface area contributed by atoms with E-state index in [0.717, 1.165) is 21.7 Å². The lowest BCUT2D eigenvalue weighted by atomic mass is 10.1. The highest BCUT2D eigenvalue weighted by Gasteiger charge is 2.23. The summed E-state index contributed by atoms with van der Waals surface area (Å²) in [5, 5.41) is 24.9. The van der Waals surface area contributed by atoms with Gasteiger partial charge in [-0.2, -0.15) is 0 Å². The van der Waals surface area contributed by atoms with Gasteiger partial charge in [-0.25, -0.2) is 0 Å². The van der Waals surface area contributed by atoms with E-state index in [1.54, 1.807) is 0 Å². The van der Waals surface area contributed by atoms with Gasteiger partial charge in [0, 0.05) is 10.6 Å². The number of benzene rings is 3. The van der Waals surface area contributed by atoms with E-state index < -0.39 is 16.7 Å². The van der Waals surface area contributed by atoms with Crippen molar-refractivity contribution in [1.29, 1.82) is 0 Å². The lowest BCUT2D eigenvalue weighted by Crippen LogP contribution is -2.26. The van der Waals surface area contributed by atoms with Crippen molar-refractivity contribution in [3.8, 4) is 11.5 Å². The molecule has 0 spiro atoms. The Balaban J connectivity index is 2.18. The van der Waals surface area contributed by atoms with Gasteiger partial charge in [-0.15, -0.1) is 0 Å². The topological polar surface area (TPSA) is 40.5 Å². The van der Waals surface area contributed by atoms with Crippen LogP contribution in [0.15, 0.2) is 54.6 Å². The van der Waals surface area contributed by atoms with E-state index in [2.05, 4.69) is 32.0 Å². The first-order valence-corrected chi connectivity index (χ1v) is 12.9. The van der Waals surface area contributed by atoms with Crippen LogP contribution in [-0.4, -0.2) is 19.4 Å². The highest BCUT2D eigenvalue weighted by Crippen LogP contribution is 2.39. The van der Waals surface area contributed by atoms with E-state index in [1.807, 2.05) is 50.2 Å². The van der Waals surface area contributed by atoms with Crippen LogP contribution in [0.5, 0.6) is 11.5 Å². The predicted octanol–water partition coefficient (Wildman–Crippen LogP) is 3.17. The number of para-hydroxylation sites is 2. The van der Waals surface area contributed by atoms with Gasteiger partial charge < -0.3 is 10.2 Å². The molecule has 0 amide bonds. The summed E-state index contributed by atoms with van der Waals surface area (Å²) in [6.45, 7) is 8.19. The standard InChI is InChI=1S/C22H25O2PSi/c1-14-8-7-13-20(17(14)4)26-25(18-11-5-9-15(2)21(18)23)19-12-6-10-16(3)22(19)24/h5-13,23-24H,26H2,1-4H3. The second kappa shape index (κ2) is 7.65. The van der Waals surface area contributed by atoms with Gasteiger partial charge in [0.1, 0.15) is 11.5 Å². The van der Waals surface area contributed by atoms with E-state index in [0.29, 0.717) is 11.5 Å². The van der Waals surface area contributed by atoms with Crippen molar-refractivity contribution in [3.05, 3.63) is 76.9 Å². The van der Waals surface area contributed by atoms with Gasteiger partial charge >= 0.3 is 0 Å². The highest BCUT2D eigenvalue weighted by molar-refractivity contribution is 7.99. The molecular formula is C22H25O2PSi. The molecule has 2 N–H and O–H groups in total. The van der Waals surface area contributed by atoms with Crippen LogP contribution in [0.25, 0.3) is 0 Å². The minimum absolute atomic E-state index is 0.373. The van der Waals surface area contributed by atoms with Gasteiger partial charge in [-0.05, 0) is 49.9 Å². The zero-order valence-electron chi connectivity index (χ0n) is 15.7. The van der Waals surface area contributed by atoms with Gasteiger partial charge in [0.05, 0.1) is 9.19 Å². The van der Waals surface area contributed by atoms with Crippen LogP contribution in [0.4, 0.5) is 0 Å². The quantitative estimate of drug-likeness (QED) is 0.539. The minimum atomic E-state index is -0.791. The SMILES string of the molecule is Cc1cccc([SiH2]P(c2cccc(C)c2O)c2cccc(C)c2O)c1C. The van der Waals surface area contributed by atoms with E-state index in [1.165, 1.54) is 16.3 Å². The van der Waals surface area contributed by atoms with Crippen molar-refractivity contribution in [1.82, 2.24) is 0 Å². The van der Waals surface area contributed by atoms with Crippen LogP contribution < -0.4 is 15.8 Å². The summed E-state index contributed by atoms with van der Waals surface area (Å²) in [5.74, 6) is 0.745. The second-order valence-electron chi connectivity index (χ2n) is 6.83. The molecule has 0 aliphatic rings. The monoisotopic (exact) mass is 380 g/mol. The molecule has 0 radical (unpaired) electrons. The van der Waals surface area contributed by atoms with Crippen molar-refractivity contribution in [2.45, 2.75) is 27.7 Å². The second-order valence-corrected chi connectivity index (χ2v) is 12.6. The molecule has 3 rings (SSSR count). The Hall–Kier alpha value is -2.09. The first kappa shape index (κ1) is 18.7. The number of rotatable bonds is 4. The van der Waals surface area contributed by atoms with Crippen LogP contribution in [0.3, 0.4) is 0 Å². The Morgan fingerprint density at radius 1 is 0.654 bits per heavy atom. The van der Waals surface area contributed by atoms with Crippen LogP contribution in [0.2, 0.25) is 0 Å². The van der Waals surface area contributed by atoms with Gasteiger partial charge in [0.15, 0.2) is 0 Å². The van der Waals surface area contributed by atoms with Crippen molar-refractivity contribution >= 4 is 32.5 Å². The zero-order valence-corrected chi connectivity index (χ0v) is 18.1. The van der Waals surface area contributed by atoms with Crippen molar-refractivity contribution < 1.29 is 10.2 Å². The number of hydrogen-bond donors (Lipinski definition) is 2. The van der Waals surface area contributed by atoms with E-state index >= 15 is 0 Å². The largest absolute Gasteiger partial charge is 0.507 e. The van der Waals surface area contributed by atoms with Crippen molar-refractivity contribution in [2.24, 2.45) is 0 Å². The fourth-order valence-electron chi connectivity index (χ4n) is 3.18. The van der Waals surface area contributed by atoms with E-state index in [9.17, 15) is 10.2 Å². The Morgan fingerprint density at radius 3 is 1.65 bits per heavy atom. The number of aromatic hydroxyl groups is 2. The molecule has 4 heteroatoms. The van der Waals surface area contributed by atoms with E-state index in [-0.39, 0.29) is 0 Å². The zero-order chi connectivity index (χ0) is 18.8. The maximum Gasteiger partial charge on any atom is 0.126 e. The van der Waals surface area contributed by atoms with Gasteiger partial charge in [-0.1, -0.05) is 67.3 Å². The molecule has 0 aliphatic carbocycles. The molecular weight excluding hydrogens is 355 g/mol. The third kappa shape index (κ3) is 3.55. The maximum absolute atomic E-state index is 10.7. The van der Waals surface area contributed by atoms with Crippen molar-refractivity contribution in [2.75, 3.05) is 0 Å². The number of hydrogen-bond acceptors (Lipinski definition) is 2. The highest BCUT2D eigenvalue weighted by atomic mass is 31.4. The molecule has 3 aromatic rings. The average molecular weight is 381 g/mol. The first-order valence-electron chi connectivity index (χ1n) is 8.80. The number of phenolic OH excluding ortho intramolecular Hbond substituents is 2. The van der Waals surface area contributed by atoms with E-state index in [4.69, 9.17) is 0 Å². The molecule has 2 nitrogen and oxygen atoms in total. The van der Waals surface area contributed by atoms with Crippen LogP contribution in [-0.2, 0) is 0 Å². The predicted molar refractivity (Wildman–Crippen MR) is 116 cm³/mol. The van der Waals surface area contributed by atoms with Gasteiger partial charge in [0.2, 0.25) is 0 Å². The molecule has 134 valence electrons. The minimum Gasteiger partial charge on any atom is -0.507 e. The fourth-order valence-corrected chi connectivity index (χ4v) is 10.9. The van der Waals surface area contributed by atoms with Crippen LogP contribution >= 0.6 is 7.47 Å². The normalized spacial score (nSPS) is 11.6. The van der Waals surface area contributed by atoms with Crippen molar-refractivity contribution in [3.63, 3.8) is 0 Å². The molecule has 0 aliphatic heterocycles. The Bertz CT molecular complexity index is 901. The summed E-state index contributed by atoms with van der Waals surface area (Å²) >= 11 is 0. The van der Waals surface area contributed by atoms with Gasteiger partial charge in [-0.3, -0.25) is 0 Å². The molecule has 0 unspecified atom stereocenters. The summed E-state index contributed by atoms with van der Waals surface area (Å²) in [5.41, 5.74) is 4.41. The van der Waals surface area contributed by atoms with Gasteiger partial charge in [0.25, 0.3) is 0 Å². The first-order chi connectivity index (χ1) is 12.4. The maximum atomic E-state index is 10.7. The number of aryl methyl sites for hydroxylation is 3. The summed E-state index contributed by atoms with van der Waals surface area (Å²) in [4.78, 5) is 0. The molecule has 0 bridgehead atoms. The summed E-state index contributed by atoms with van der Waals surface area (Å²) in [6.07, 6.45) is 0. The Kier molecular flexibility index (Phi) is 5.50. The summed E-state index contributed by atoms with van der Waals surface area (Å²) in [6, 6.07) is 18.4. The fraction of sp³-hybridized carbons (Fsp3) is 0.182. The third-order valence-corrected chi connectivity index (χ3v) is 12.4. The molecule has 0 atom stereocenters. The molecule has 26 heavy (non-hydrogen) atoms. The third-order valence-electron chi connectivity index (χ3n) is 5.06. The lowest BCUT2D eigenvalue weighted by Gasteiger charge is -2.23. The lowest BCUT2D eigenvalue weighted by molar-refractivity contribution is 0.475. The molecule has 0 saturated heterocycles. The molecule has 0 heterocycles. The summed E-state index contributed by atoms with van der Waals surface area (Å²) in [7, 11) is -1.57. The Labute approximate surface area is 159 Å².